The number of fused-ring (bicyclic) bond motifs is 5. The van der Waals surface area contributed by atoms with Crippen LogP contribution in [0.1, 0.15) is 118 Å². The number of ether oxygens (including phenoxy) is 3. The van der Waals surface area contributed by atoms with E-state index in [0.717, 1.165) is 58.6 Å². The van der Waals surface area contributed by atoms with Crippen molar-refractivity contribution >= 4 is 0 Å². The molecule has 0 saturated heterocycles. The summed E-state index contributed by atoms with van der Waals surface area (Å²) in [5, 5.41) is 3.68. The maximum atomic E-state index is 7.00. The Bertz CT molecular complexity index is 818. The van der Waals surface area contributed by atoms with Gasteiger partial charge in [-0.15, -0.1) is 0 Å². The highest BCUT2D eigenvalue weighted by Crippen LogP contribution is 2.69. The lowest BCUT2D eigenvalue weighted by Gasteiger charge is -2.65. The topological polar surface area (TPSA) is 118 Å². The monoisotopic (exact) mass is 621 g/mol. The highest BCUT2D eigenvalue weighted by Gasteiger charge is 2.66. The van der Waals surface area contributed by atoms with Gasteiger partial charge in [0.1, 0.15) is 0 Å². The van der Waals surface area contributed by atoms with Gasteiger partial charge in [-0.05, 0) is 157 Å². The second kappa shape index (κ2) is 17.8. The van der Waals surface area contributed by atoms with Crippen LogP contribution in [0, 0.1) is 46.3 Å². The lowest BCUT2D eigenvalue weighted by molar-refractivity contribution is -0.227. The van der Waals surface area contributed by atoms with E-state index in [4.69, 9.17) is 31.4 Å². The Kier molecular flexibility index (Phi) is 14.7. The molecule has 0 aromatic rings. The van der Waals surface area contributed by atoms with Crippen LogP contribution in [-0.2, 0) is 14.2 Å². The normalized spacial score (nSPS) is 39.1. The van der Waals surface area contributed by atoms with Crippen molar-refractivity contribution in [2.75, 3.05) is 52.5 Å². The molecular weight excluding hydrogens is 548 g/mol. The highest BCUT2D eigenvalue weighted by atomic mass is 16.5. The van der Waals surface area contributed by atoms with Crippen LogP contribution in [0.3, 0.4) is 0 Å². The van der Waals surface area contributed by atoms with Crippen LogP contribution < -0.4 is 22.5 Å². The summed E-state index contributed by atoms with van der Waals surface area (Å²) in [5.74, 6) is 3.93. The van der Waals surface area contributed by atoms with Crippen molar-refractivity contribution in [3.8, 4) is 0 Å². The quantitative estimate of drug-likeness (QED) is 0.126. The van der Waals surface area contributed by atoms with Crippen LogP contribution in [0.2, 0.25) is 0 Å². The summed E-state index contributed by atoms with van der Waals surface area (Å²) in [6.45, 7) is 16.9. The number of nitrogens with one attached hydrogen (secondary N) is 1. The molecule has 7 N–H and O–H groups in total. The molecule has 4 rings (SSSR count). The zero-order chi connectivity index (χ0) is 31.6. The van der Waals surface area contributed by atoms with Gasteiger partial charge in [-0.2, -0.15) is 0 Å². The fraction of sp³-hybridized carbons (Fsp3) is 1.00. The Morgan fingerprint density at radius 3 is 2.16 bits per heavy atom. The number of rotatable bonds is 20. The second-order valence-electron chi connectivity index (χ2n) is 15.7. The van der Waals surface area contributed by atoms with E-state index in [2.05, 4.69) is 33.0 Å². The molecule has 0 spiro atoms. The number of hydrogen-bond donors (Lipinski definition) is 4. The fourth-order valence-electron chi connectivity index (χ4n) is 10.8. The molecule has 0 aliphatic heterocycles. The van der Waals surface area contributed by atoms with Crippen LogP contribution in [0.5, 0.6) is 0 Å². The molecule has 4 aliphatic carbocycles. The molecule has 0 amide bonds. The Balaban J connectivity index is 1.57. The van der Waals surface area contributed by atoms with Gasteiger partial charge in [-0.1, -0.05) is 34.1 Å². The minimum Gasteiger partial charge on any atom is -0.378 e. The van der Waals surface area contributed by atoms with Gasteiger partial charge in [0.2, 0.25) is 0 Å². The van der Waals surface area contributed by atoms with Crippen molar-refractivity contribution in [3.63, 3.8) is 0 Å². The van der Waals surface area contributed by atoms with Crippen molar-refractivity contribution in [2.24, 2.45) is 63.5 Å². The van der Waals surface area contributed by atoms with Gasteiger partial charge in [0.15, 0.2) is 0 Å². The molecule has 0 aromatic carbocycles. The average molecular weight is 621 g/mol. The predicted molar refractivity (Wildman–Crippen MR) is 182 cm³/mol. The third-order valence-corrected chi connectivity index (χ3v) is 13.2. The van der Waals surface area contributed by atoms with E-state index in [1.165, 1.54) is 64.2 Å². The molecule has 11 atom stereocenters. The van der Waals surface area contributed by atoms with E-state index in [9.17, 15) is 0 Å². The summed E-state index contributed by atoms with van der Waals surface area (Å²) in [5.41, 5.74) is 18.2. The van der Waals surface area contributed by atoms with Crippen molar-refractivity contribution in [1.29, 1.82) is 0 Å². The van der Waals surface area contributed by atoms with E-state index < -0.39 is 0 Å². The summed E-state index contributed by atoms with van der Waals surface area (Å²) < 4.78 is 20.3. The van der Waals surface area contributed by atoms with Crippen LogP contribution in [0.15, 0.2) is 0 Å². The summed E-state index contributed by atoms with van der Waals surface area (Å²) in [6.07, 6.45) is 17.5. The Labute approximate surface area is 271 Å². The predicted octanol–water partition coefficient (Wildman–Crippen LogP) is 5.87. The smallest absolute Gasteiger partial charge is 0.0637 e. The SMILES string of the molecule is CCCCNCCC[C@@H](C)C1CC[C@H]2C3[C@H](OCCCN)CC4C[C@H](OCCCN)CC[C@]4(C)[C@H]3C[C@H](OCCCN)[C@]12C. The largest absolute Gasteiger partial charge is 0.378 e. The van der Waals surface area contributed by atoms with Gasteiger partial charge in [0.25, 0.3) is 0 Å². The molecule has 0 bridgehead atoms. The average Bonchev–Trinajstić information content (AvgIpc) is 3.38. The van der Waals surface area contributed by atoms with Gasteiger partial charge in [-0.25, -0.2) is 0 Å². The molecule has 0 radical (unpaired) electrons. The van der Waals surface area contributed by atoms with Crippen molar-refractivity contribution in [2.45, 2.75) is 136 Å². The summed E-state index contributed by atoms with van der Waals surface area (Å²) in [4.78, 5) is 0. The van der Waals surface area contributed by atoms with E-state index in [1.807, 2.05) is 0 Å². The van der Waals surface area contributed by atoms with Gasteiger partial charge in [-0.3, -0.25) is 0 Å². The van der Waals surface area contributed by atoms with Gasteiger partial charge >= 0.3 is 0 Å². The lowest BCUT2D eigenvalue weighted by atomic mass is 9.43. The molecule has 44 heavy (non-hydrogen) atoms. The van der Waals surface area contributed by atoms with Gasteiger partial charge in [0.05, 0.1) is 18.3 Å². The zero-order valence-electron chi connectivity index (χ0n) is 29.2. The maximum absolute atomic E-state index is 7.00. The lowest BCUT2D eigenvalue weighted by Crippen LogP contribution is -2.63. The third-order valence-electron chi connectivity index (χ3n) is 13.2. The van der Waals surface area contributed by atoms with E-state index >= 15 is 0 Å². The van der Waals surface area contributed by atoms with Crippen LogP contribution in [0.4, 0.5) is 0 Å². The molecule has 4 saturated carbocycles. The molecule has 3 unspecified atom stereocenters. The Morgan fingerprint density at radius 1 is 0.773 bits per heavy atom. The molecule has 7 heteroatoms. The first-order valence-electron chi connectivity index (χ1n) is 19.0. The van der Waals surface area contributed by atoms with E-state index in [-0.39, 0.29) is 5.41 Å². The Morgan fingerprint density at radius 2 is 1.45 bits per heavy atom. The molecule has 7 nitrogen and oxygen atoms in total. The minimum atomic E-state index is 0.187. The Hall–Kier alpha value is -0.280. The molecule has 258 valence electrons. The summed E-state index contributed by atoms with van der Waals surface area (Å²) >= 11 is 0. The van der Waals surface area contributed by atoms with Gasteiger partial charge < -0.3 is 36.7 Å². The molecule has 0 heterocycles. The minimum absolute atomic E-state index is 0.187. The van der Waals surface area contributed by atoms with Crippen molar-refractivity contribution in [3.05, 3.63) is 0 Å². The molecule has 4 fully saturated rings. The highest BCUT2D eigenvalue weighted by molar-refractivity contribution is 5.15. The van der Waals surface area contributed by atoms with Gasteiger partial charge in [0, 0.05) is 25.2 Å². The number of nitrogens with two attached hydrogens (primary N) is 3. The molecule has 0 aromatic heterocycles. The molecule has 4 aliphatic rings. The maximum Gasteiger partial charge on any atom is 0.0637 e. The standard InChI is InChI=1S/C37H72N4O3/c1-5-6-19-41-20-7-11-27(2)30-12-13-31-35-32(26-34(37(30,31)4)44-23-10-18-40)36(3)15-14-29(42-21-8-16-38)24-28(36)25-33(35)43-22-9-17-39/h27-35,41H,5-26,38-40H2,1-4H3/t27-,28?,29-,30?,31+,32+,33-,34+,35?,36+,37-/m1/s1. The van der Waals surface area contributed by atoms with Crippen LogP contribution in [0.25, 0.3) is 0 Å². The second-order valence-corrected chi connectivity index (χ2v) is 15.7. The van der Waals surface area contributed by atoms with E-state index in [1.54, 1.807) is 0 Å². The van der Waals surface area contributed by atoms with E-state index in [0.29, 0.717) is 78.9 Å². The summed E-state index contributed by atoms with van der Waals surface area (Å²) in [7, 11) is 0. The first kappa shape index (κ1) is 36.6. The fourth-order valence-corrected chi connectivity index (χ4v) is 10.8. The summed E-state index contributed by atoms with van der Waals surface area (Å²) in [6, 6.07) is 0. The van der Waals surface area contributed by atoms with Crippen LogP contribution >= 0.6 is 0 Å². The van der Waals surface area contributed by atoms with Crippen molar-refractivity contribution < 1.29 is 14.2 Å². The third kappa shape index (κ3) is 8.22. The van der Waals surface area contributed by atoms with Crippen molar-refractivity contribution in [1.82, 2.24) is 5.32 Å². The van der Waals surface area contributed by atoms with Crippen LogP contribution in [-0.4, -0.2) is 70.9 Å². The zero-order valence-corrected chi connectivity index (χ0v) is 29.2. The first-order valence-corrected chi connectivity index (χ1v) is 19.0. The molecular formula is C37H72N4O3. The number of hydrogen-bond acceptors (Lipinski definition) is 7. The number of unbranched alkanes of at least 4 members (excludes halogenated alkanes) is 1. The first-order chi connectivity index (χ1) is 21.3.